The van der Waals surface area contributed by atoms with Crippen molar-refractivity contribution in [3.63, 3.8) is 0 Å². The molecule has 108 valence electrons. The molecule has 0 fully saturated rings. The second-order valence-corrected chi connectivity index (χ2v) is 5.70. The summed E-state index contributed by atoms with van der Waals surface area (Å²) >= 11 is 1.57. The van der Waals surface area contributed by atoms with Crippen molar-refractivity contribution in [3.8, 4) is 11.5 Å². The number of pyridine rings is 1. The zero-order valence-corrected chi connectivity index (χ0v) is 12.2. The second-order valence-electron chi connectivity index (χ2n) is 4.55. The van der Waals surface area contributed by atoms with Crippen LogP contribution in [-0.2, 0) is 0 Å². The molecule has 0 aliphatic carbocycles. The van der Waals surface area contributed by atoms with Crippen LogP contribution in [0.5, 0.6) is 11.5 Å². The minimum absolute atomic E-state index is 0.0314. The lowest BCUT2D eigenvalue weighted by Gasteiger charge is -2.09. The number of aromatic nitrogens is 1. The molecule has 3 N–H and O–H groups in total. The third kappa shape index (κ3) is 3.28. The lowest BCUT2D eigenvalue weighted by molar-refractivity contribution is 0.297. The molecule has 2 aromatic rings. The molecule has 0 saturated heterocycles. The number of nitrogens with zero attached hydrogens (tertiary/aromatic N) is 1. The van der Waals surface area contributed by atoms with Crippen molar-refractivity contribution in [3.05, 3.63) is 42.2 Å². The van der Waals surface area contributed by atoms with Gasteiger partial charge in [0.25, 0.3) is 0 Å². The molecule has 1 aliphatic heterocycles. The van der Waals surface area contributed by atoms with Crippen LogP contribution in [0.25, 0.3) is 0 Å². The number of hydrogen-bond acceptors (Lipinski definition) is 5. The van der Waals surface area contributed by atoms with Crippen molar-refractivity contribution in [1.29, 1.82) is 5.41 Å². The number of nitrogens with one attached hydrogen (secondary N) is 1. The second kappa shape index (κ2) is 6.05. The Morgan fingerprint density at radius 1 is 1.10 bits per heavy atom. The molecule has 1 aromatic heterocycles. The Balaban J connectivity index is 1.83. The summed E-state index contributed by atoms with van der Waals surface area (Å²) in [5.41, 5.74) is 5.94. The lowest BCUT2D eigenvalue weighted by atomic mass is 10.3. The van der Waals surface area contributed by atoms with Gasteiger partial charge in [0.1, 0.15) is 11.5 Å². The number of benzene rings is 1. The number of ether oxygens (including phenoxy) is 2. The quantitative estimate of drug-likeness (QED) is 0.673. The first kappa shape index (κ1) is 13.8. The van der Waals surface area contributed by atoms with E-state index in [0.29, 0.717) is 18.9 Å². The van der Waals surface area contributed by atoms with E-state index in [-0.39, 0.29) is 5.84 Å². The molecule has 0 atom stereocenters. The average Bonchev–Trinajstić information content (AvgIpc) is 2.72. The van der Waals surface area contributed by atoms with E-state index in [0.717, 1.165) is 27.7 Å². The van der Waals surface area contributed by atoms with Crippen molar-refractivity contribution in [2.24, 2.45) is 5.73 Å². The van der Waals surface area contributed by atoms with Gasteiger partial charge >= 0.3 is 0 Å². The summed E-state index contributed by atoms with van der Waals surface area (Å²) in [4.78, 5) is 6.07. The van der Waals surface area contributed by atoms with Crippen LogP contribution in [0.3, 0.4) is 0 Å². The summed E-state index contributed by atoms with van der Waals surface area (Å²) in [6.07, 6.45) is 2.55. The van der Waals surface area contributed by atoms with Crippen molar-refractivity contribution < 1.29 is 9.47 Å². The van der Waals surface area contributed by atoms with Crippen LogP contribution in [0.2, 0.25) is 0 Å². The van der Waals surface area contributed by atoms with Gasteiger partial charge in [0.05, 0.1) is 13.2 Å². The van der Waals surface area contributed by atoms with Crippen LogP contribution in [0.4, 0.5) is 0 Å². The topological polar surface area (TPSA) is 81.2 Å². The van der Waals surface area contributed by atoms with Crippen molar-refractivity contribution in [1.82, 2.24) is 4.98 Å². The fourth-order valence-electron chi connectivity index (χ4n) is 1.97. The largest absolute Gasteiger partial charge is 0.490 e. The molecule has 1 aromatic carbocycles. The molecular weight excluding hydrogens is 286 g/mol. The Morgan fingerprint density at radius 3 is 2.67 bits per heavy atom. The Morgan fingerprint density at radius 2 is 1.86 bits per heavy atom. The summed E-state index contributed by atoms with van der Waals surface area (Å²) in [6, 6.07) is 9.58. The summed E-state index contributed by atoms with van der Waals surface area (Å²) in [6.45, 7) is 1.36. The summed E-state index contributed by atoms with van der Waals surface area (Å²) in [5, 5.41) is 7.43. The van der Waals surface area contributed by atoms with E-state index in [1.165, 1.54) is 0 Å². The molecule has 0 radical (unpaired) electrons. The summed E-state index contributed by atoms with van der Waals surface area (Å²) < 4.78 is 11.3. The number of hydrogen-bond donors (Lipinski definition) is 2. The molecule has 0 bridgehead atoms. The molecule has 0 spiro atoms. The fourth-order valence-corrected chi connectivity index (χ4v) is 2.84. The van der Waals surface area contributed by atoms with E-state index in [4.69, 9.17) is 20.6 Å². The first-order chi connectivity index (χ1) is 10.2. The molecule has 2 heterocycles. The normalized spacial score (nSPS) is 13.5. The van der Waals surface area contributed by atoms with Gasteiger partial charge in [-0.2, -0.15) is 0 Å². The van der Waals surface area contributed by atoms with Crippen LogP contribution in [0, 0.1) is 5.41 Å². The predicted octanol–water partition coefficient (Wildman–Crippen LogP) is 2.68. The van der Waals surface area contributed by atoms with E-state index in [2.05, 4.69) is 4.98 Å². The number of rotatable bonds is 3. The lowest BCUT2D eigenvalue weighted by Crippen LogP contribution is -2.12. The van der Waals surface area contributed by atoms with Crippen LogP contribution >= 0.6 is 11.8 Å². The highest BCUT2D eigenvalue weighted by Crippen LogP contribution is 2.36. The monoisotopic (exact) mass is 301 g/mol. The SMILES string of the molecule is N=C(N)c1cc(Sc2ccc3c(c2)OCCCO3)ccn1. The average molecular weight is 301 g/mol. The van der Waals surface area contributed by atoms with Gasteiger partial charge in [0.2, 0.25) is 0 Å². The maximum Gasteiger partial charge on any atom is 0.162 e. The van der Waals surface area contributed by atoms with Crippen molar-refractivity contribution in [2.45, 2.75) is 16.2 Å². The Labute approximate surface area is 127 Å². The number of nitrogens with two attached hydrogens (primary N) is 1. The van der Waals surface area contributed by atoms with Gasteiger partial charge in [-0.25, -0.2) is 0 Å². The van der Waals surface area contributed by atoms with Gasteiger partial charge in [-0.05, 0) is 30.3 Å². The molecule has 1 aliphatic rings. The summed E-state index contributed by atoms with van der Waals surface area (Å²) in [5.74, 6) is 1.53. The first-order valence-corrected chi connectivity index (χ1v) is 7.42. The van der Waals surface area contributed by atoms with Gasteiger partial charge in [0.15, 0.2) is 11.5 Å². The Kier molecular flexibility index (Phi) is 3.96. The van der Waals surface area contributed by atoms with Crippen LogP contribution in [-0.4, -0.2) is 24.0 Å². The number of nitrogen functional groups attached to an aromatic ring is 1. The molecule has 21 heavy (non-hydrogen) atoms. The Hall–Kier alpha value is -2.21. The minimum atomic E-state index is -0.0314. The van der Waals surface area contributed by atoms with E-state index >= 15 is 0 Å². The van der Waals surface area contributed by atoms with E-state index in [9.17, 15) is 0 Å². The number of amidine groups is 1. The maximum absolute atomic E-state index is 7.43. The molecule has 0 unspecified atom stereocenters. The molecule has 0 amide bonds. The van der Waals surface area contributed by atoms with Crippen LogP contribution in [0.1, 0.15) is 12.1 Å². The maximum atomic E-state index is 7.43. The molecular formula is C15H15N3O2S. The van der Waals surface area contributed by atoms with Gasteiger partial charge < -0.3 is 15.2 Å². The summed E-state index contributed by atoms with van der Waals surface area (Å²) in [7, 11) is 0. The smallest absolute Gasteiger partial charge is 0.162 e. The molecule has 3 rings (SSSR count). The third-order valence-corrected chi connectivity index (χ3v) is 3.94. The molecule has 6 heteroatoms. The first-order valence-electron chi connectivity index (χ1n) is 6.60. The standard InChI is InChI=1S/C15H15N3O2S/c16-15(17)12-8-11(4-5-18-12)21-10-2-3-13-14(9-10)20-7-1-6-19-13/h2-5,8-9H,1,6-7H2,(H3,16,17). The van der Waals surface area contributed by atoms with Gasteiger partial charge in [-0.3, -0.25) is 10.4 Å². The zero-order valence-electron chi connectivity index (χ0n) is 11.3. The zero-order chi connectivity index (χ0) is 14.7. The van der Waals surface area contributed by atoms with Gasteiger partial charge in [-0.15, -0.1) is 0 Å². The highest BCUT2D eigenvalue weighted by molar-refractivity contribution is 7.99. The van der Waals surface area contributed by atoms with E-state index in [1.54, 1.807) is 24.0 Å². The third-order valence-electron chi connectivity index (χ3n) is 2.96. The van der Waals surface area contributed by atoms with Crippen molar-refractivity contribution in [2.75, 3.05) is 13.2 Å². The predicted molar refractivity (Wildman–Crippen MR) is 81.4 cm³/mol. The molecule has 0 saturated carbocycles. The van der Waals surface area contributed by atoms with Crippen LogP contribution in [0.15, 0.2) is 46.3 Å². The van der Waals surface area contributed by atoms with Gasteiger partial charge in [-0.1, -0.05) is 11.8 Å². The minimum Gasteiger partial charge on any atom is -0.490 e. The highest BCUT2D eigenvalue weighted by Gasteiger charge is 2.11. The fraction of sp³-hybridized carbons (Fsp3) is 0.200. The van der Waals surface area contributed by atoms with Gasteiger partial charge in [0, 0.05) is 22.4 Å². The number of fused-ring (bicyclic) bond motifs is 1. The Bertz CT molecular complexity index is 676. The highest BCUT2D eigenvalue weighted by atomic mass is 32.2. The van der Waals surface area contributed by atoms with Crippen LogP contribution < -0.4 is 15.2 Å². The van der Waals surface area contributed by atoms with Crippen molar-refractivity contribution >= 4 is 17.6 Å². The van der Waals surface area contributed by atoms with E-state index in [1.807, 2.05) is 24.3 Å². The van der Waals surface area contributed by atoms with E-state index < -0.39 is 0 Å². The molecule has 5 nitrogen and oxygen atoms in total.